The highest BCUT2D eigenvalue weighted by Gasteiger charge is 2.50. The van der Waals surface area contributed by atoms with Crippen molar-refractivity contribution in [2.24, 2.45) is 17.3 Å². The molecule has 1 heterocycles. The van der Waals surface area contributed by atoms with Crippen LogP contribution in [0.3, 0.4) is 0 Å². The quantitative estimate of drug-likeness (QED) is 0.821. The highest BCUT2D eigenvalue weighted by atomic mass is 16.4. The number of carbonyl (C=O) groups excluding carboxylic acids is 1. The first-order valence-electron chi connectivity index (χ1n) is 7.13. The number of rotatable bonds is 3. The van der Waals surface area contributed by atoms with Crippen LogP contribution in [0.4, 0.5) is 4.79 Å². The number of hydrogen-bond donors (Lipinski definition) is 2. The Labute approximate surface area is 114 Å². The lowest BCUT2D eigenvalue weighted by atomic mass is 9.86. The van der Waals surface area contributed by atoms with Crippen molar-refractivity contribution in [3.63, 3.8) is 0 Å². The Hall–Kier alpha value is -1.26. The molecule has 1 aliphatic carbocycles. The van der Waals surface area contributed by atoms with E-state index in [0.29, 0.717) is 24.7 Å². The Morgan fingerprint density at radius 3 is 2.47 bits per heavy atom. The summed E-state index contributed by atoms with van der Waals surface area (Å²) in [4.78, 5) is 25.2. The maximum absolute atomic E-state index is 12.2. The molecule has 0 aromatic rings. The molecule has 0 aromatic carbocycles. The molecule has 5 nitrogen and oxygen atoms in total. The zero-order valence-corrected chi connectivity index (χ0v) is 12.0. The molecule has 2 rings (SSSR count). The summed E-state index contributed by atoms with van der Waals surface area (Å²) in [6, 6.07) is 0.106. The summed E-state index contributed by atoms with van der Waals surface area (Å²) in [7, 11) is 0. The molecule has 19 heavy (non-hydrogen) atoms. The van der Waals surface area contributed by atoms with Gasteiger partial charge in [-0.15, -0.1) is 0 Å². The minimum absolute atomic E-state index is 0.113. The van der Waals surface area contributed by atoms with Gasteiger partial charge in [0.2, 0.25) is 0 Å². The van der Waals surface area contributed by atoms with Gasteiger partial charge in [0, 0.05) is 19.1 Å². The van der Waals surface area contributed by atoms with Crippen LogP contribution < -0.4 is 5.32 Å². The second-order valence-corrected chi connectivity index (χ2v) is 6.46. The fourth-order valence-corrected chi connectivity index (χ4v) is 2.95. The molecule has 0 aromatic heterocycles. The van der Waals surface area contributed by atoms with Gasteiger partial charge in [-0.1, -0.05) is 13.8 Å². The largest absolute Gasteiger partial charge is 0.481 e. The van der Waals surface area contributed by atoms with Gasteiger partial charge in [0.15, 0.2) is 0 Å². The van der Waals surface area contributed by atoms with Crippen LogP contribution in [0.25, 0.3) is 0 Å². The summed E-state index contributed by atoms with van der Waals surface area (Å²) in [5.41, 5.74) is -0.689. The lowest BCUT2D eigenvalue weighted by molar-refractivity contribution is -0.143. The van der Waals surface area contributed by atoms with Crippen molar-refractivity contribution in [2.45, 2.75) is 46.1 Å². The van der Waals surface area contributed by atoms with E-state index in [2.05, 4.69) is 26.1 Å². The summed E-state index contributed by atoms with van der Waals surface area (Å²) < 4.78 is 0. The van der Waals surface area contributed by atoms with E-state index in [4.69, 9.17) is 5.11 Å². The van der Waals surface area contributed by atoms with E-state index >= 15 is 0 Å². The third-order valence-corrected chi connectivity index (χ3v) is 4.74. The van der Waals surface area contributed by atoms with Gasteiger partial charge in [-0.25, -0.2) is 4.79 Å². The Morgan fingerprint density at radius 1 is 1.32 bits per heavy atom. The number of nitrogens with zero attached hydrogens (tertiary/aromatic N) is 1. The number of nitrogens with one attached hydrogen (secondary N) is 1. The molecule has 5 heteroatoms. The number of carbonyl (C=O) groups is 2. The maximum Gasteiger partial charge on any atom is 0.317 e. The van der Waals surface area contributed by atoms with E-state index in [9.17, 15) is 9.59 Å². The number of hydrogen-bond acceptors (Lipinski definition) is 2. The van der Waals surface area contributed by atoms with Crippen LogP contribution in [-0.2, 0) is 4.79 Å². The number of piperidine rings is 1. The first-order chi connectivity index (χ1) is 8.85. The molecular weight excluding hydrogens is 244 g/mol. The normalized spacial score (nSPS) is 32.8. The molecule has 2 N–H and O–H groups in total. The van der Waals surface area contributed by atoms with Crippen molar-refractivity contribution < 1.29 is 14.7 Å². The summed E-state index contributed by atoms with van der Waals surface area (Å²) in [6.07, 6.45) is 2.49. The third-order valence-electron chi connectivity index (χ3n) is 4.74. The maximum atomic E-state index is 12.2. The van der Waals surface area contributed by atoms with Crippen LogP contribution in [0.1, 0.15) is 40.0 Å². The predicted molar refractivity (Wildman–Crippen MR) is 71.8 cm³/mol. The van der Waals surface area contributed by atoms with Crippen molar-refractivity contribution >= 4 is 12.0 Å². The van der Waals surface area contributed by atoms with Crippen LogP contribution in [0.5, 0.6) is 0 Å². The van der Waals surface area contributed by atoms with Gasteiger partial charge in [-0.2, -0.15) is 0 Å². The number of carboxylic acids is 1. The molecule has 2 fully saturated rings. The van der Waals surface area contributed by atoms with Gasteiger partial charge < -0.3 is 15.3 Å². The van der Waals surface area contributed by atoms with Gasteiger partial charge in [-0.05, 0) is 38.0 Å². The van der Waals surface area contributed by atoms with Gasteiger partial charge in [0.1, 0.15) is 0 Å². The van der Waals surface area contributed by atoms with Crippen LogP contribution in [0.15, 0.2) is 0 Å². The summed E-state index contributed by atoms with van der Waals surface area (Å²) in [6.45, 7) is 7.41. The molecule has 2 amide bonds. The first-order valence-corrected chi connectivity index (χ1v) is 7.13. The Kier molecular flexibility index (Phi) is 3.74. The summed E-state index contributed by atoms with van der Waals surface area (Å²) in [5.74, 6) is 0.205. The molecule has 2 aliphatic rings. The molecule has 1 aliphatic heterocycles. The van der Waals surface area contributed by atoms with Crippen molar-refractivity contribution in [3.8, 4) is 0 Å². The molecule has 1 saturated carbocycles. The predicted octanol–water partition coefficient (Wildman–Crippen LogP) is 1.93. The molecule has 0 radical (unpaired) electrons. The van der Waals surface area contributed by atoms with Crippen LogP contribution in [-0.4, -0.2) is 41.1 Å². The average Bonchev–Trinajstić information content (AvgIpc) is 3.12. The minimum Gasteiger partial charge on any atom is -0.481 e. The topological polar surface area (TPSA) is 69.6 Å². The van der Waals surface area contributed by atoms with E-state index in [-0.39, 0.29) is 18.6 Å². The van der Waals surface area contributed by atoms with Crippen molar-refractivity contribution in [1.29, 1.82) is 0 Å². The molecule has 1 saturated heterocycles. The zero-order valence-electron chi connectivity index (χ0n) is 12.0. The molecule has 108 valence electrons. The number of carboxylic acid groups (broad SMARTS) is 1. The lowest BCUT2D eigenvalue weighted by Gasteiger charge is -2.41. The SMILES string of the molecule is CC1CC(C)C(C)N(C(=O)NCC2(C(=O)O)CC2)C1. The monoisotopic (exact) mass is 268 g/mol. The van der Waals surface area contributed by atoms with E-state index in [1.54, 1.807) is 0 Å². The van der Waals surface area contributed by atoms with Gasteiger partial charge in [0.05, 0.1) is 5.41 Å². The minimum atomic E-state index is -0.791. The van der Waals surface area contributed by atoms with E-state index < -0.39 is 11.4 Å². The Balaban J connectivity index is 1.90. The van der Waals surface area contributed by atoms with Crippen LogP contribution in [0, 0.1) is 17.3 Å². The smallest absolute Gasteiger partial charge is 0.317 e. The van der Waals surface area contributed by atoms with Crippen LogP contribution in [0.2, 0.25) is 0 Å². The Morgan fingerprint density at radius 2 is 1.95 bits per heavy atom. The summed E-state index contributed by atoms with van der Waals surface area (Å²) >= 11 is 0. The second kappa shape index (κ2) is 5.02. The third kappa shape index (κ3) is 2.85. The molecular formula is C14H24N2O3. The highest BCUT2D eigenvalue weighted by Crippen LogP contribution is 2.45. The highest BCUT2D eigenvalue weighted by molar-refractivity contribution is 5.80. The van der Waals surface area contributed by atoms with E-state index in [0.717, 1.165) is 13.0 Å². The number of amides is 2. The van der Waals surface area contributed by atoms with E-state index in [1.165, 1.54) is 0 Å². The van der Waals surface area contributed by atoms with Crippen molar-refractivity contribution in [1.82, 2.24) is 10.2 Å². The molecule has 0 bridgehead atoms. The number of urea groups is 1. The van der Waals surface area contributed by atoms with E-state index in [1.807, 2.05) is 4.90 Å². The fourth-order valence-electron chi connectivity index (χ4n) is 2.95. The lowest BCUT2D eigenvalue weighted by Crippen LogP contribution is -2.53. The number of aliphatic carboxylic acids is 1. The Bertz CT molecular complexity index is 379. The van der Waals surface area contributed by atoms with Crippen molar-refractivity contribution in [2.75, 3.05) is 13.1 Å². The average molecular weight is 268 g/mol. The fraction of sp³-hybridized carbons (Fsp3) is 0.857. The standard InChI is InChI=1S/C14H24N2O3/c1-9-6-10(2)11(3)16(7-9)13(19)15-8-14(4-5-14)12(17)18/h9-11H,4-8H2,1-3H3,(H,15,19)(H,17,18). The van der Waals surface area contributed by atoms with Gasteiger partial charge >= 0.3 is 12.0 Å². The number of likely N-dealkylation sites (tertiary alicyclic amines) is 1. The summed E-state index contributed by atoms with van der Waals surface area (Å²) in [5, 5.41) is 11.9. The zero-order chi connectivity index (χ0) is 14.2. The molecule has 3 unspecified atom stereocenters. The van der Waals surface area contributed by atoms with Gasteiger partial charge in [-0.3, -0.25) is 4.79 Å². The first kappa shape index (κ1) is 14.2. The molecule has 3 atom stereocenters. The second-order valence-electron chi connectivity index (χ2n) is 6.46. The van der Waals surface area contributed by atoms with Crippen LogP contribution >= 0.6 is 0 Å². The van der Waals surface area contributed by atoms with Gasteiger partial charge in [0.25, 0.3) is 0 Å². The van der Waals surface area contributed by atoms with Crippen molar-refractivity contribution in [3.05, 3.63) is 0 Å². The molecule has 0 spiro atoms.